The van der Waals surface area contributed by atoms with Crippen LogP contribution in [-0.2, 0) is 4.79 Å². The number of carboxylic acid groups (broad SMARTS) is 1. The Hall–Kier alpha value is -1.30. The van der Waals surface area contributed by atoms with E-state index in [1.54, 1.807) is 4.90 Å². The van der Waals surface area contributed by atoms with E-state index in [1.807, 2.05) is 6.92 Å². The number of carbonyl (C=O) groups excluding carboxylic acids is 1. The molecule has 2 fully saturated rings. The highest BCUT2D eigenvalue weighted by Gasteiger charge is 2.30. The van der Waals surface area contributed by atoms with Crippen molar-refractivity contribution < 1.29 is 19.8 Å². The summed E-state index contributed by atoms with van der Waals surface area (Å²) in [5, 5.41) is 21.6. The Bertz CT molecular complexity index is 356. The molecule has 1 heterocycles. The van der Waals surface area contributed by atoms with Gasteiger partial charge in [-0.1, -0.05) is 6.92 Å². The van der Waals surface area contributed by atoms with Gasteiger partial charge in [-0.3, -0.25) is 4.79 Å². The molecular weight excluding hydrogens is 260 g/mol. The van der Waals surface area contributed by atoms with Crippen molar-refractivity contribution in [3.8, 4) is 0 Å². The second-order valence-corrected chi connectivity index (χ2v) is 6.24. The van der Waals surface area contributed by atoms with Crippen molar-refractivity contribution in [3.63, 3.8) is 0 Å². The van der Waals surface area contributed by atoms with Crippen molar-refractivity contribution in [1.29, 1.82) is 0 Å². The van der Waals surface area contributed by atoms with Crippen LogP contribution in [0.2, 0.25) is 0 Å². The molecule has 1 aliphatic heterocycles. The average Bonchev–Trinajstić information content (AvgIpc) is 2.38. The number of nitrogens with one attached hydrogen (secondary N) is 1. The van der Waals surface area contributed by atoms with Crippen molar-refractivity contribution in [2.45, 2.75) is 51.2 Å². The number of aliphatic hydroxyl groups is 1. The Labute approximate surface area is 119 Å². The number of nitrogens with zero attached hydrogens (tertiary/aromatic N) is 1. The molecule has 0 aromatic rings. The van der Waals surface area contributed by atoms with E-state index in [1.165, 1.54) is 0 Å². The zero-order valence-corrected chi connectivity index (χ0v) is 11.9. The summed E-state index contributed by atoms with van der Waals surface area (Å²) in [6, 6.07) is -0.0677. The molecule has 0 bridgehead atoms. The van der Waals surface area contributed by atoms with E-state index < -0.39 is 12.1 Å². The molecule has 0 radical (unpaired) electrons. The maximum Gasteiger partial charge on any atom is 0.317 e. The number of piperidine rings is 1. The molecule has 114 valence electrons. The Morgan fingerprint density at radius 3 is 2.35 bits per heavy atom. The third-order valence-electron chi connectivity index (χ3n) is 4.33. The van der Waals surface area contributed by atoms with E-state index in [0.717, 1.165) is 6.42 Å². The number of aliphatic carboxylic acids is 1. The van der Waals surface area contributed by atoms with Crippen molar-refractivity contribution in [1.82, 2.24) is 10.2 Å². The van der Waals surface area contributed by atoms with Gasteiger partial charge in [-0.05, 0) is 38.0 Å². The van der Waals surface area contributed by atoms with Crippen LogP contribution in [-0.4, -0.2) is 52.3 Å². The van der Waals surface area contributed by atoms with Gasteiger partial charge in [0.15, 0.2) is 0 Å². The minimum absolute atomic E-state index is 0.0625. The summed E-state index contributed by atoms with van der Waals surface area (Å²) in [5.41, 5.74) is 0. The lowest BCUT2D eigenvalue weighted by molar-refractivity contribution is -0.142. The molecule has 2 aliphatic rings. The van der Waals surface area contributed by atoms with Crippen LogP contribution < -0.4 is 5.32 Å². The van der Waals surface area contributed by atoms with Crippen molar-refractivity contribution in [2.24, 2.45) is 11.8 Å². The number of carboxylic acids is 1. The van der Waals surface area contributed by atoms with Gasteiger partial charge >= 0.3 is 12.0 Å². The molecule has 0 spiro atoms. The highest BCUT2D eigenvalue weighted by atomic mass is 16.4. The number of amides is 2. The first kappa shape index (κ1) is 15.1. The van der Waals surface area contributed by atoms with Gasteiger partial charge in [0.1, 0.15) is 0 Å². The number of hydrogen-bond acceptors (Lipinski definition) is 3. The first-order valence-corrected chi connectivity index (χ1v) is 7.42. The number of likely N-dealkylation sites (tertiary alicyclic amines) is 1. The molecule has 3 N–H and O–H groups in total. The topological polar surface area (TPSA) is 89.9 Å². The van der Waals surface area contributed by atoms with Gasteiger partial charge in [0.25, 0.3) is 0 Å². The predicted molar refractivity (Wildman–Crippen MR) is 73.3 cm³/mol. The van der Waals surface area contributed by atoms with Crippen LogP contribution in [0.4, 0.5) is 4.79 Å². The highest BCUT2D eigenvalue weighted by molar-refractivity contribution is 5.75. The first-order valence-electron chi connectivity index (χ1n) is 7.42. The molecule has 6 nitrogen and oxygen atoms in total. The molecule has 6 heteroatoms. The van der Waals surface area contributed by atoms with Gasteiger partial charge < -0.3 is 20.4 Å². The summed E-state index contributed by atoms with van der Waals surface area (Å²) in [5.74, 6) is -0.685. The second kappa shape index (κ2) is 6.43. The van der Waals surface area contributed by atoms with Gasteiger partial charge in [0.2, 0.25) is 0 Å². The lowest BCUT2D eigenvalue weighted by Gasteiger charge is -2.36. The smallest absolute Gasteiger partial charge is 0.317 e. The predicted octanol–water partition coefficient (Wildman–Crippen LogP) is 1.04. The fraction of sp³-hybridized carbons (Fsp3) is 0.857. The van der Waals surface area contributed by atoms with E-state index in [0.29, 0.717) is 44.7 Å². The fourth-order valence-corrected chi connectivity index (χ4v) is 3.24. The number of urea groups is 1. The van der Waals surface area contributed by atoms with Crippen LogP contribution in [0.1, 0.15) is 39.0 Å². The van der Waals surface area contributed by atoms with E-state index >= 15 is 0 Å². The zero-order valence-electron chi connectivity index (χ0n) is 11.9. The molecule has 1 saturated carbocycles. The summed E-state index contributed by atoms with van der Waals surface area (Å²) in [7, 11) is 0. The quantitative estimate of drug-likeness (QED) is 0.707. The summed E-state index contributed by atoms with van der Waals surface area (Å²) in [6.45, 7) is 3.09. The Balaban J connectivity index is 1.79. The summed E-state index contributed by atoms with van der Waals surface area (Å²) < 4.78 is 0. The van der Waals surface area contributed by atoms with Crippen LogP contribution in [0.5, 0.6) is 0 Å². The first-order chi connectivity index (χ1) is 9.45. The van der Waals surface area contributed by atoms with Gasteiger partial charge in [0, 0.05) is 19.1 Å². The molecule has 20 heavy (non-hydrogen) atoms. The normalized spacial score (nSPS) is 34.6. The lowest BCUT2D eigenvalue weighted by atomic mass is 9.86. The molecule has 2 atom stereocenters. The van der Waals surface area contributed by atoms with Gasteiger partial charge in [-0.2, -0.15) is 0 Å². The lowest BCUT2D eigenvalue weighted by Crippen LogP contribution is -2.52. The van der Waals surface area contributed by atoms with Crippen molar-refractivity contribution >= 4 is 12.0 Å². The van der Waals surface area contributed by atoms with Crippen molar-refractivity contribution in [3.05, 3.63) is 0 Å². The van der Waals surface area contributed by atoms with E-state index in [2.05, 4.69) is 5.32 Å². The molecule has 0 aromatic carbocycles. The number of β-amino-alcohol motifs (C(OH)–C–C–N with tert-alkyl or cyclic N) is 1. The molecule has 2 rings (SSSR count). The molecular formula is C14H24N2O4. The standard InChI is InChI=1S/C14H24N2O4/c1-9-6-12(17)8-16(7-9)14(20)15-11-4-2-10(3-5-11)13(18)19/h9-12,17H,2-8H2,1H3,(H,15,20)(H,18,19). The Morgan fingerprint density at radius 1 is 1.15 bits per heavy atom. The molecule has 2 unspecified atom stereocenters. The highest BCUT2D eigenvalue weighted by Crippen LogP contribution is 2.25. The molecule has 1 aliphatic carbocycles. The molecule has 1 saturated heterocycles. The van der Waals surface area contributed by atoms with Crippen molar-refractivity contribution in [2.75, 3.05) is 13.1 Å². The molecule has 2 amide bonds. The average molecular weight is 284 g/mol. The number of hydrogen-bond donors (Lipinski definition) is 3. The van der Waals surface area contributed by atoms with Crippen LogP contribution in [0, 0.1) is 11.8 Å². The summed E-state index contributed by atoms with van der Waals surface area (Å²) in [4.78, 5) is 24.7. The third-order valence-corrected chi connectivity index (χ3v) is 4.33. The van der Waals surface area contributed by atoms with Gasteiger partial charge in [0.05, 0.1) is 12.0 Å². The van der Waals surface area contributed by atoms with Crippen LogP contribution in [0.15, 0.2) is 0 Å². The Morgan fingerprint density at radius 2 is 1.80 bits per heavy atom. The largest absolute Gasteiger partial charge is 0.481 e. The maximum absolute atomic E-state index is 12.2. The van der Waals surface area contributed by atoms with Gasteiger partial charge in [-0.25, -0.2) is 4.79 Å². The summed E-state index contributed by atoms with van der Waals surface area (Å²) >= 11 is 0. The Kier molecular flexibility index (Phi) is 4.86. The van der Waals surface area contributed by atoms with Crippen LogP contribution in [0.25, 0.3) is 0 Å². The van der Waals surface area contributed by atoms with Crippen LogP contribution in [0.3, 0.4) is 0 Å². The van der Waals surface area contributed by atoms with E-state index in [4.69, 9.17) is 5.11 Å². The SMILES string of the molecule is CC1CC(O)CN(C(=O)NC2CCC(C(=O)O)CC2)C1. The minimum Gasteiger partial charge on any atom is -0.481 e. The minimum atomic E-state index is -0.734. The van der Waals surface area contributed by atoms with E-state index in [9.17, 15) is 14.7 Å². The number of rotatable bonds is 2. The monoisotopic (exact) mass is 284 g/mol. The fourth-order valence-electron chi connectivity index (χ4n) is 3.24. The number of carbonyl (C=O) groups is 2. The maximum atomic E-state index is 12.2. The second-order valence-electron chi connectivity index (χ2n) is 6.24. The van der Waals surface area contributed by atoms with E-state index in [-0.39, 0.29) is 18.0 Å². The third kappa shape index (κ3) is 3.85. The number of aliphatic hydroxyl groups excluding tert-OH is 1. The summed E-state index contributed by atoms with van der Waals surface area (Å²) in [6.07, 6.45) is 2.99. The van der Waals surface area contributed by atoms with Crippen LogP contribution >= 0.6 is 0 Å². The van der Waals surface area contributed by atoms with Gasteiger partial charge in [-0.15, -0.1) is 0 Å². The zero-order chi connectivity index (χ0) is 14.7. The molecule has 0 aromatic heterocycles.